The molecule has 0 amide bonds. The second-order valence-corrected chi connectivity index (χ2v) is 4.67. The number of rotatable bonds is 7. The molecular weight excluding hydrogens is 184 g/mol. The molecule has 89 valence electrons. The van der Waals surface area contributed by atoms with Crippen LogP contribution in [0.1, 0.15) is 65.2 Å². The Bertz CT molecular complexity index is 141. The van der Waals surface area contributed by atoms with Gasteiger partial charge in [0.2, 0.25) is 0 Å². The molecule has 1 radical (unpaired) electrons. The summed E-state index contributed by atoms with van der Waals surface area (Å²) in [5, 5.41) is 8.47. The van der Waals surface area contributed by atoms with Gasteiger partial charge in [-0.15, -0.1) is 0 Å². The van der Waals surface area contributed by atoms with Gasteiger partial charge in [-0.2, -0.15) is 0 Å². The maximum Gasteiger partial charge on any atom is 0.0736 e. The Hall–Kier alpha value is -0.0800. The van der Waals surface area contributed by atoms with Crippen LogP contribution in [0.15, 0.2) is 0 Å². The van der Waals surface area contributed by atoms with Crippen LogP contribution < -0.4 is 10.6 Å². The molecule has 0 aliphatic heterocycles. The first-order chi connectivity index (χ1) is 7.36. The normalized spacial score (nSPS) is 20.4. The first kappa shape index (κ1) is 13.0. The lowest BCUT2D eigenvalue weighted by Gasteiger charge is -2.26. The minimum atomic E-state index is 0.416. The van der Waals surface area contributed by atoms with Gasteiger partial charge in [0.15, 0.2) is 0 Å². The van der Waals surface area contributed by atoms with E-state index in [2.05, 4.69) is 19.2 Å². The molecule has 0 bridgehead atoms. The topological polar surface area (TPSA) is 26.1 Å². The molecule has 1 saturated carbocycles. The predicted molar refractivity (Wildman–Crippen MR) is 66.0 cm³/mol. The molecule has 0 saturated heterocycles. The first-order valence-electron chi connectivity index (χ1n) is 6.80. The summed E-state index contributed by atoms with van der Waals surface area (Å²) in [6, 6.07) is 0.651. The Kier molecular flexibility index (Phi) is 7.03. The summed E-state index contributed by atoms with van der Waals surface area (Å²) in [5.41, 5.74) is 0. The molecular formula is C13H27N2. The fourth-order valence-electron chi connectivity index (χ4n) is 2.23. The van der Waals surface area contributed by atoms with E-state index in [1.54, 1.807) is 0 Å². The van der Waals surface area contributed by atoms with Crippen molar-refractivity contribution in [3.8, 4) is 0 Å². The van der Waals surface area contributed by atoms with Crippen molar-refractivity contribution in [3.63, 3.8) is 0 Å². The fraction of sp³-hybridized carbons (Fsp3) is 1.00. The van der Waals surface area contributed by atoms with Gasteiger partial charge in [0.25, 0.3) is 0 Å². The summed E-state index contributed by atoms with van der Waals surface area (Å²) in [5.74, 6) is 0. The van der Waals surface area contributed by atoms with Crippen LogP contribution in [0.3, 0.4) is 0 Å². The third kappa shape index (κ3) is 5.53. The zero-order valence-corrected chi connectivity index (χ0v) is 10.5. The van der Waals surface area contributed by atoms with E-state index in [1.807, 2.05) is 0 Å². The molecule has 2 heteroatoms. The van der Waals surface area contributed by atoms with E-state index in [4.69, 9.17) is 5.32 Å². The molecule has 0 heterocycles. The Morgan fingerprint density at radius 2 is 1.93 bits per heavy atom. The lowest BCUT2D eigenvalue weighted by atomic mass is 9.95. The van der Waals surface area contributed by atoms with E-state index in [-0.39, 0.29) is 0 Å². The number of nitrogens with zero attached hydrogens (tertiary/aromatic N) is 1. The lowest BCUT2D eigenvalue weighted by Crippen LogP contribution is -2.42. The van der Waals surface area contributed by atoms with Gasteiger partial charge in [0, 0.05) is 6.04 Å². The van der Waals surface area contributed by atoms with Crippen LogP contribution in [-0.2, 0) is 0 Å². The Morgan fingerprint density at radius 1 is 1.20 bits per heavy atom. The monoisotopic (exact) mass is 211 g/mol. The van der Waals surface area contributed by atoms with Crippen molar-refractivity contribution in [2.24, 2.45) is 0 Å². The zero-order valence-electron chi connectivity index (χ0n) is 10.5. The van der Waals surface area contributed by atoms with Gasteiger partial charge in [0.1, 0.15) is 0 Å². The van der Waals surface area contributed by atoms with E-state index in [0.717, 1.165) is 13.0 Å². The number of hydrogen-bond donors (Lipinski definition) is 1. The molecule has 1 rings (SSSR count). The third-order valence-corrected chi connectivity index (χ3v) is 3.26. The molecule has 1 aliphatic carbocycles. The van der Waals surface area contributed by atoms with Gasteiger partial charge in [0.05, 0.1) is 6.17 Å². The maximum absolute atomic E-state index is 4.91. The average molecular weight is 211 g/mol. The van der Waals surface area contributed by atoms with Gasteiger partial charge in [-0.05, 0) is 32.2 Å². The van der Waals surface area contributed by atoms with Crippen LogP contribution in [0.4, 0.5) is 0 Å². The van der Waals surface area contributed by atoms with Crippen molar-refractivity contribution in [2.75, 3.05) is 6.54 Å². The minimum absolute atomic E-state index is 0.416. The Labute approximate surface area is 95.2 Å². The van der Waals surface area contributed by atoms with Crippen molar-refractivity contribution < 1.29 is 0 Å². The second kappa shape index (κ2) is 8.12. The highest BCUT2D eigenvalue weighted by molar-refractivity contribution is 4.75. The summed E-state index contributed by atoms with van der Waals surface area (Å²) >= 11 is 0. The molecule has 15 heavy (non-hydrogen) atoms. The van der Waals surface area contributed by atoms with Gasteiger partial charge < -0.3 is 5.32 Å². The van der Waals surface area contributed by atoms with Crippen LogP contribution in [0.5, 0.6) is 0 Å². The smallest absolute Gasteiger partial charge is 0.0736 e. The van der Waals surface area contributed by atoms with Gasteiger partial charge in [-0.25, -0.2) is 5.32 Å². The first-order valence-corrected chi connectivity index (χ1v) is 6.80. The van der Waals surface area contributed by atoms with Crippen LogP contribution in [0.25, 0.3) is 0 Å². The van der Waals surface area contributed by atoms with Crippen LogP contribution in [-0.4, -0.2) is 18.8 Å². The SMILES string of the molecule is CCCCNC(CC)[N]C1CCCCC1. The quantitative estimate of drug-likeness (QED) is 0.644. The van der Waals surface area contributed by atoms with Crippen molar-refractivity contribution >= 4 is 0 Å². The molecule has 1 aliphatic rings. The molecule has 1 fully saturated rings. The predicted octanol–water partition coefficient (Wildman–Crippen LogP) is 3.05. The average Bonchev–Trinajstić information content (AvgIpc) is 2.29. The number of nitrogens with one attached hydrogen (secondary N) is 1. The summed E-state index contributed by atoms with van der Waals surface area (Å²) in [6.45, 7) is 5.60. The minimum Gasteiger partial charge on any atom is -0.301 e. The van der Waals surface area contributed by atoms with Gasteiger partial charge >= 0.3 is 0 Å². The molecule has 0 aromatic carbocycles. The third-order valence-electron chi connectivity index (χ3n) is 3.26. The van der Waals surface area contributed by atoms with E-state index >= 15 is 0 Å². The van der Waals surface area contributed by atoms with Crippen molar-refractivity contribution in [1.82, 2.24) is 10.6 Å². The largest absolute Gasteiger partial charge is 0.301 e. The molecule has 1 N–H and O–H groups in total. The molecule has 0 aromatic heterocycles. The number of hydrogen-bond acceptors (Lipinski definition) is 1. The summed E-state index contributed by atoms with van der Waals surface area (Å²) in [7, 11) is 0. The molecule has 0 aromatic rings. The molecule has 1 unspecified atom stereocenters. The Morgan fingerprint density at radius 3 is 2.53 bits per heavy atom. The van der Waals surface area contributed by atoms with Gasteiger partial charge in [-0.3, -0.25) is 0 Å². The van der Waals surface area contributed by atoms with Crippen LogP contribution in [0.2, 0.25) is 0 Å². The highest BCUT2D eigenvalue weighted by atomic mass is 15.1. The molecule has 2 nitrogen and oxygen atoms in total. The maximum atomic E-state index is 4.91. The van der Waals surface area contributed by atoms with Crippen LogP contribution in [0, 0.1) is 0 Å². The second-order valence-electron chi connectivity index (χ2n) is 4.67. The summed E-state index contributed by atoms with van der Waals surface area (Å²) < 4.78 is 0. The zero-order chi connectivity index (χ0) is 10.9. The van der Waals surface area contributed by atoms with Crippen molar-refractivity contribution in [2.45, 2.75) is 77.4 Å². The number of unbranched alkanes of at least 4 members (excludes halogenated alkanes) is 1. The summed E-state index contributed by atoms with van der Waals surface area (Å²) in [4.78, 5) is 0. The Balaban J connectivity index is 2.13. The van der Waals surface area contributed by atoms with E-state index < -0.39 is 0 Å². The van der Waals surface area contributed by atoms with E-state index in [1.165, 1.54) is 44.9 Å². The lowest BCUT2D eigenvalue weighted by molar-refractivity contribution is 0.294. The van der Waals surface area contributed by atoms with Crippen molar-refractivity contribution in [1.29, 1.82) is 0 Å². The summed E-state index contributed by atoms with van der Waals surface area (Å²) in [6.07, 6.45) is 11.0. The fourth-order valence-corrected chi connectivity index (χ4v) is 2.23. The van der Waals surface area contributed by atoms with Crippen molar-refractivity contribution in [3.05, 3.63) is 0 Å². The molecule has 0 spiro atoms. The molecule has 1 atom stereocenters. The van der Waals surface area contributed by atoms with E-state index in [9.17, 15) is 0 Å². The standard InChI is InChI=1S/C13H27N2/c1-3-5-11-14-13(4-2)15-12-9-7-6-8-10-12/h12-14H,3-11H2,1-2H3. The highest BCUT2D eigenvalue weighted by Gasteiger charge is 2.17. The highest BCUT2D eigenvalue weighted by Crippen LogP contribution is 2.18. The van der Waals surface area contributed by atoms with E-state index in [0.29, 0.717) is 12.2 Å². The van der Waals surface area contributed by atoms with Crippen LogP contribution >= 0.6 is 0 Å². The van der Waals surface area contributed by atoms with Gasteiger partial charge in [-0.1, -0.05) is 39.5 Å².